The van der Waals surface area contributed by atoms with E-state index in [-0.39, 0.29) is 17.5 Å². The fourth-order valence-corrected chi connectivity index (χ4v) is 3.27. The number of rotatable bonds is 3. The molecular formula is C19H24N2O3. The average molecular weight is 328 g/mol. The van der Waals surface area contributed by atoms with Crippen LogP contribution in [-0.2, 0) is 13.5 Å². The summed E-state index contributed by atoms with van der Waals surface area (Å²) in [6, 6.07) is 7.02. The minimum absolute atomic E-state index is 0.0643. The molecule has 2 aromatic rings. The molecule has 0 unspecified atom stereocenters. The quantitative estimate of drug-likeness (QED) is 0.870. The summed E-state index contributed by atoms with van der Waals surface area (Å²) in [6.45, 7) is 4.94. The van der Waals surface area contributed by atoms with E-state index in [2.05, 4.69) is 13.8 Å². The molecule has 5 nitrogen and oxygen atoms in total. The van der Waals surface area contributed by atoms with Crippen molar-refractivity contribution in [2.75, 3.05) is 6.54 Å². The van der Waals surface area contributed by atoms with Gasteiger partial charge in [0.1, 0.15) is 11.5 Å². The zero-order chi connectivity index (χ0) is 17.3. The summed E-state index contributed by atoms with van der Waals surface area (Å²) in [6.07, 6.45) is 4.33. The molecule has 5 heteroatoms. The molecule has 0 aromatic carbocycles. The molecule has 3 rings (SSSR count). The normalized spacial score (nSPS) is 21.0. The van der Waals surface area contributed by atoms with Gasteiger partial charge in [-0.25, -0.2) is 0 Å². The molecule has 1 aliphatic heterocycles. The Labute approximate surface area is 141 Å². The summed E-state index contributed by atoms with van der Waals surface area (Å²) in [5, 5.41) is 0. The predicted octanol–water partition coefficient (Wildman–Crippen LogP) is 3.15. The lowest BCUT2D eigenvalue weighted by Gasteiger charge is -2.37. The third kappa shape index (κ3) is 3.16. The van der Waals surface area contributed by atoms with Gasteiger partial charge in [0.05, 0.1) is 6.04 Å². The summed E-state index contributed by atoms with van der Waals surface area (Å²) < 4.78 is 7.38. The average Bonchev–Trinajstić information content (AvgIpc) is 3.05. The Morgan fingerprint density at radius 2 is 2.12 bits per heavy atom. The fraction of sp³-hybridized carbons (Fsp3) is 0.474. The maximum atomic E-state index is 13.0. The van der Waals surface area contributed by atoms with E-state index in [0.717, 1.165) is 30.8 Å². The Kier molecular flexibility index (Phi) is 4.60. The fourth-order valence-electron chi connectivity index (χ4n) is 3.27. The molecule has 1 aliphatic rings. The van der Waals surface area contributed by atoms with Crippen molar-refractivity contribution in [3.05, 3.63) is 57.9 Å². The number of furan rings is 1. The van der Waals surface area contributed by atoms with Gasteiger partial charge >= 0.3 is 0 Å². The molecule has 1 amide bonds. The van der Waals surface area contributed by atoms with Gasteiger partial charge in [-0.3, -0.25) is 9.59 Å². The number of pyridine rings is 1. The van der Waals surface area contributed by atoms with Gasteiger partial charge in [0.25, 0.3) is 11.5 Å². The Bertz CT molecular complexity index is 790. The number of likely N-dealkylation sites (tertiary alicyclic amines) is 1. The summed E-state index contributed by atoms with van der Waals surface area (Å²) >= 11 is 0. The van der Waals surface area contributed by atoms with E-state index in [1.165, 1.54) is 10.6 Å². The van der Waals surface area contributed by atoms with Crippen molar-refractivity contribution in [1.29, 1.82) is 0 Å². The van der Waals surface area contributed by atoms with E-state index in [4.69, 9.17) is 4.42 Å². The van der Waals surface area contributed by atoms with Gasteiger partial charge in [0.2, 0.25) is 0 Å². The number of aromatic nitrogens is 1. The van der Waals surface area contributed by atoms with Crippen LogP contribution in [-0.4, -0.2) is 21.9 Å². The lowest BCUT2D eigenvalue weighted by atomic mass is 9.90. The summed E-state index contributed by atoms with van der Waals surface area (Å²) in [5.74, 6) is 2.22. The number of carbonyl (C=O) groups excluding carboxylic acids is 1. The van der Waals surface area contributed by atoms with Gasteiger partial charge in [0.15, 0.2) is 0 Å². The Morgan fingerprint density at radius 1 is 1.33 bits per heavy atom. The summed E-state index contributed by atoms with van der Waals surface area (Å²) in [5.41, 5.74) is 0.272. The molecule has 0 saturated carbocycles. The molecule has 0 N–H and O–H groups in total. The number of amides is 1. The smallest absolute Gasteiger partial charge is 0.254 e. The monoisotopic (exact) mass is 328 g/mol. The summed E-state index contributed by atoms with van der Waals surface area (Å²) in [7, 11) is 1.68. The first-order valence-electron chi connectivity index (χ1n) is 8.56. The van der Waals surface area contributed by atoms with Gasteiger partial charge < -0.3 is 13.9 Å². The van der Waals surface area contributed by atoms with Crippen LogP contribution in [0.1, 0.15) is 54.6 Å². The van der Waals surface area contributed by atoms with Crippen LogP contribution in [0.15, 0.2) is 39.7 Å². The molecule has 0 bridgehead atoms. The zero-order valence-corrected chi connectivity index (χ0v) is 14.5. The molecule has 0 radical (unpaired) electrons. The van der Waals surface area contributed by atoms with Crippen molar-refractivity contribution >= 4 is 5.91 Å². The molecule has 128 valence electrons. The highest BCUT2D eigenvalue weighted by molar-refractivity contribution is 5.94. The molecule has 2 atom stereocenters. The Balaban J connectivity index is 1.91. The van der Waals surface area contributed by atoms with Gasteiger partial charge in [-0.15, -0.1) is 0 Å². The van der Waals surface area contributed by atoms with Crippen molar-refractivity contribution < 1.29 is 9.21 Å². The summed E-state index contributed by atoms with van der Waals surface area (Å²) in [4.78, 5) is 26.7. The van der Waals surface area contributed by atoms with Crippen LogP contribution < -0.4 is 5.56 Å². The topological polar surface area (TPSA) is 55.5 Å². The van der Waals surface area contributed by atoms with Gasteiger partial charge in [0, 0.05) is 37.8 Å². The lowest BCUT2D eigenvalue weighted by Crippen LogP contribution is -2.41. The predicted molar refractivity (Wildman–Crippen MR) is 91.9 cm³/mol. The number of hydrogen-bond acceptors (Lipinski definition) is 3. The van der Waals surface area contributed by atoms with Crippen LogP contribution in [0.3, 0.4) is 0 Å². The number of carbonyl (C=O) groups is 1. The van der Waals surface area contributed by atoms with Gasteiger partial charge in [-0.1, -0.05) is 13.8 Å². The first kappa shape index (κ1) is 16.6. The third-order valence-corrected chi connectivity index (χ3v) is 4.84. The molecule has 1 saturated heterocycles. The standard InChI is InChI=1S/C19H24N2O3/c1-4-15-5-6-17(24-15)16-11-13(2)7-10-21(16)19(23)14-8-9-20(3)18(22)12-14/h5-6,8-9,12-13,16H,4,7,10-11H2,1-3H3/t13-,16+/m1/s1. The van der Waals surface area contributed by atoms with Crippen LogP contribution in [0.5, 0.6) is 0 Å². The van der Waals surface area contributed by atoms with Crippen molar-refractivity contribution in [1.82, 2.24) is 9.47 Å². The first-order valence-corrected chi connectivity index (χ1v) is 8.56. The minimum Gasteiger partial charge on any atom is -0.464 e. The zero-order valence-electron chi connectivity index (χ0n) is 14.5. The molecule has 0 spiro atoms. The highest BCUT2D eigenvalue weighted by Gasteiger charge is 2.33. The van der Waals surface area contributed by atoms with E-state index in [1.807, 2.05) is 17.0 Å². The second-order valence-corrected chi connectivity index (χ2v) is 6.67. The molecule has 24 heavy (non-hydrogen) atoms. The van der Waals surface area contributed by atoms with Crippen molar-refractivity contribution in [3.8, 4) is 0 Å². The molecular weight excluding hydrogens is 304 g/mol. The maximum absolute atomic E-state index is 13.0. The van der Waals surface area contributed by atoms with Crippen LogP contribution in [0.4, 0.5) is 0 Å². The van der Waals surface area contributed by atoms with Crippen LogP contribution in [0.25, 0.3) is 0 Å². The van der Waals surface area contributed by atoms with Crippen molar-refractivity contribution in [3.63, 3.8) is 0 Å². The largest absolute Gasteiger partial charge is 0.464 e. The first-order chi connectivity index (χ1) is 11.5. The number of nitrogens with zero attached hydrogens (tertiary/aromatic N) is 2. The van der Waals surface area contributed by atoms with E-state index < -0.39 is 0 Å². The number of hydrogen-bond donors (Lipinski definition) is 0. The number of piperidine rings is 1. The highest BCUT2D eigenvalue weighted by Crippen LogP contribution is 2.35. The second kappa shape index (κ2) is 6.67. The van der Waals surface area contributed by atoms with Gasteiger partial charge in [-0.05, 0) is 37.0 Å². The van der Waals surface area contributed by atoms with Crippen molar-refractivity contribution in [2.45, 2.75) is 39.2 Å². The molecule has 3 heterocycles. The van der Waals surface area contributed by atoms with E-state index in [9.17, 15) is 9.59 Å². The Hall–Kier alpha value is -2.30. The highest BCUT2D eigenvalue weighted by atomic mass is 16.3. The number of aryl methyl sites for hydroxylation is 2. The minimum atomic E-state index is -0.172. The van der Waals surface area contributed by atoms with Crippen LogP contribution in [0, 0.1) is 5.92 Å². The van der Waals surface area contributed by atoms with E-state index >= 15 is 0 Å². The van der Waals surface area contributed by atoms with Crippen LogP contribution >= 0.6 is 0 Å². The molecule has 1 fully saturated rings. The van der Waals surface area contributed by atoms with Gasteiger partial charge in [-0.2, -0.15) is 0 Å². The Morgan fingerprint density at radius 3 is 2.79 bits per heavy atom. The van der Waals surface area contributed by atoms with E-state index in [1.54, 1.807) is 19.3 Å². The molecule has 0 aliphatic carbocycles. The van der Waals surface area contributed by atoms with Crippen LogP contribution in [0.2, 0.25) is 0 Å². The third-order valence-electron chi connectivity index (χ3n) is 4.84. The second-order valence-electron chi connectivity index (χ2n) is 6.67. The van der Waals surface area contributed by atoms with E-state index in [0.29, 0.717) is 18.0 Å². The lowest BCUT2D eigenvalue weighted by molar-refractivity contribution is 0.0518. The maximum Gasteiger partial charge on any atom is 0.254 e. The molecule has 2 aromatic heterocycles. The SMILES string of the molecule is CCc1ccc([C@@H]2C[C@H](C)CCN2C(=O)c2ccn(C)c(=O)c2)o1. The van der Waals surface area contributed by atoms with Crippen molar-refractivity contribution in [2.24, 2.45) is 13.0 Å².